The Morgan fingerprint density at radius 1 is 0.909 bits per heavy atom. The van der Waals surface area contributed by atoms with Crippen LogP contribution in [0.15, 0.2) is 41.3 Å². The number of carbonyl (C=O) groups is 3. The first-order valence-electron chi connectivity index (χ1n) is 10.6. The van der Waals surface area contributed by atoms with E-state index < -0.39 is 27.8 Å². The van der Waals surface area contributed by atoms with Crippen LogP contribution in [0.2, 0.25) is 0 Å². The van der Waals surface area contributed by atoms with Crippen LogP contribution in [0.1, 0.15) is 50.5 Å². The van der Waals surface area contributed by atoms with E-state index >= 15 is 0 Å². The third-order valence-corrected chi connectivity index (χ3v) is 7.94. The molecule has 0 aliphatic carbocycles. The van der Waals surface area contributed by atoms with Gasteiger partial charge in [-0.1, -0.05) is 6.07 Å². The topological polar surface area (TPSA) is 95.1 Å². The van der Waals surface area contributed by atoms with E-state index in [1.54, 1.807) is 37.8 Å². The average molecular weight is 474 g/mol. The maximum Gasteiger partial charge on any atom is 0.269 e. The molecular weight excluding hydrogens is 449 g/mol. The minimum atomic E-state index is -4.01. The highest BCUT2D eigenvalue weighted by molar-refractivity contribution is 7.90. The SMILES string of the molecule is Cc1ccc(C(=O)N2CCN(C(=O)c3ccc4c(c3)S(=O)(=O)N(C(C)C)C4=O)CC2)cc1F. The van der Waals surface area contributed by atoms with Crippen molar-refractivity contribution in [1.82, 2.24) is 14.1 Å². The summed E-state index contributed by atoms with van der Waals surface area (Å²) in [5.41, 5.74) is 0.926. The highest BCUT2D eigenvalue weighted by Gasteiger charge is 2.43. The fourth-order valence-electron chi connectivity index (χ4n) is 4.10. The second-order valence-electron chi connectivity index (χ2n) is 8.46. The maximum atomic E-state index is 13.8. The van der Waals surface area contributed by atoms with E-state index in [4.69, 9.17) is 0 Å². The summed E-state index contributed by atoms with van der Waals surface area (Å²) in [4.78, 5) is 41.1. The van der Waals surface area contributed by atoms with Crippen molar-refractivity contribution in [2.24, 2.45) is 0 Å². The van der Waals surface area contributed by atoms with Crippen LogP contribution in [0.3, 0.4) is 0 Å². The minimum Gasteiger partial charge on any atom is -0.335 e. The highest BCUT2D eigenvalue weighted by Crippen LogP contribution is 2.33. The van der Waals surface area contributed by atoms with E-state index in [2.05, 4.69) is 0 Å². The van der Waals surface area contributed by atoms with Crippen molar-refractivity contribution in [3.05, 3.63) is 64.5 Å². The predicted octanol–water partition coefficient (Wildman–Crippen LogP) is 2.29. The molecule has 2 aromatic carbocycles. The first-order chi connectivity index (χ1) is 15.5. The Hall–Kier alpha value is -3.27. The standard InChI is InChI=1S/C23H24FN3O5S/c1-14(2)27-23(30)18-7-6-17(13-20(18)33(27,31)32)22(29)26-10-8-25(9-11-26)21(28)16-5-4-15(3)19(24)12-16/h4-7,12-14H,8-11H2,1-3H3. The number of rotatable bonds is 3. The van der Waals surface area contributed by atoms with Gasteiger partial charge in [0.1, 0.15) is 10.7 Å². The van der Waals surface area contributed by atoms with E-state index in [0.29, 0.717) is 5.56 Å². The third kappa shape index (κ3) is 3.88. The highest BCUT2D eigenvalue weighted by atomic mass is 32.2. The smallest absolute Gasteiger partial charge is 0.269 e. The Bertz CT molecular complexity index is 1270. The van der Waals surface area contributed by atoms with Crippen LogP contribution in [-0.2, 0) is 10.0 Å². The Kier molecular flexibility index (Phi) is 5.73. The fraction of sp³-hybridized carbons (Fsp3) is 0.348. The van der Waals surface area contributed by atoms with E-state index in [1.165, 1.54) is 29.2 Å². The number of aryl methyl sites for hydroxylation is 1. The molecule has 8 nitrogen and oxygen atoms in total. The molecule has 3 amide bonds. The van der Waals surface area contributed by atoms with Gasteiger partial charge in [0.05, 0.1) is 5.56 Å². The number of amides is 3. The summed E-state index contributed by atoms with van der Waals surface area (Å²) in [6.07, 6.45) is 0. The molecule has 1 fully saturated rings. The quantitative estimate of drug-likeness (QED) is 0.682. The lowest BCUT2D eigenvalue weighted by molar-refractivity contribution is 0.0535. The zero-order valence-corrected chi connectivity index (χ0v) is 19.4. The van der Waals surface area contributed by atoms with Gasteiger partial charge in [-0.2, -0.15) is 0 Å². The number of carbonyl (C=O) groups excluding carboxylic acids is 3. The number of piperazine rings is 1. The van der Waals surface area contributed by atoms with Crippen molar-refractivity contribution in [2.45, 2.75) is 31.7 Å². The molecule has 0 aromatic heterocycles. The number of hydrogen-bond donors (Lipinski definition) is 0. The number of nitrogens with zero attached hydrogens (tertiary/aromatic N) is 3. The van der Waals surface area contributed by atoms with Crippen molar-refractivity contribution in [1.29, 1.82) is 0 Å². The van der Waals surface area contributed by atoms with Gasteiger partial charge in [-0.15, -0.1) is 0 Å². The predicted molar refractivity (Wildman–Crippen MR) is 118 cm³/mol. The summed E-state index contributed by atoms with van der Waals surface area (Å²) < 4.78 is 40.2. The molecule has 2 aliphatic rings. The largest absolute Gasteiger partial charge is 0.335 e. The molecule has 33 heavy (non-hydrogen) atoms. The number of benzene rings is 2. The first kappa shape index (κ1) is 22.9. The van der Waals surface area contributed by atoms with Crippen molar-refractivity contribution >= 4 is 27.7 Å². The van der Waals surface area contributed by atoms with Crippen molar-refractivity contribution in [3.8, 4) is 0 Å². The van der Waals surface area contributed by atoms with Crippen LogP contribution in [0.5, 0.6) is 0 Å². The summed E-state index contributed by atoms with van der Waals surface area (Å²) in [6.45, 7) is 5.87. The van der Waals surface area contributed by atoms with E-state index in [0.717, 1.165) is 4.31 Å². The molecule has 0 radical (unpaired) electrons. The summed E-state index contributed by atoms with van der Waals surface area (Å²) in [5.74, 6) is -1.73. The lowest BCUT2D eigenvalue weighted by Gasteiger charge is -2.35. The second kappa shape index (κ2) is 8.26. The molecule has 0 spiro atoms. The molecule has 0 unspecified atom stereocenters. The molecule has 1 saturated heterocycles. The van der Waals surface area contributed by atoms with Gasteiger partial charge >= 0.3 is 0 Å². The number of fused-ring (bicyclic) bond motifs is 1. The van der Waals surface area contributed by atoms with Crippen LogP contribution in [0.4, 0.5) is 4.39 Å². The van der Waals surface area contributed by atoms with E-state index in [-0.39, 0.29) is 59.6 Å². The van der Waals surface area contributed by atoms with E-state index in [1.807, 2.05) is 0 Å². The Labute approximate surface area is 191 Å². The van der Waals surface area contributed by atoms with Crippen LogP contribution in [0.25, 0.3) is 0 Å². The summed E-state index contributed by atoms with van der Waals surface area (Å²) >= 11 is 0. The Morgan fingerprint density at radius 2 is 1.42 bits per heavy atom. The molecule has 10 heteroatoms. The van der Waals surface area contributed by atoms with Gasteiger partial charge in [-0.25, -0.2) is 17.1 Å². The molecular formula is C23H24FN3O5S. The van der Waals surface area contributed by atoms with Gasteiger partial charge in [0, 0.05) is 43.3 Å². The summed E-state index contributed by atoms with van der Waals surface area (Å²) in [5, 5.41) is 0. The molecule has 0 saturated carbocycles. The third-order valence-electron chi connectivity index (χ3n) is 5.94. The molecule has 2 aliphatic heterocycles. The molecule has 174 valence electrons. The van der Waals surface area contributed by atoms with Gasteiger partial charge in [0.2, 0.25) is 0 Å². The van der Waals surface area contributed by atoms with Gasteiger partial charge < -0.3 is 9.80 Å². The van der Waals surface area contributed by atoms with Crippen LogP contribution >= 0.6 is 0 Å². The second-order valence-corrected chi connectivity index (χ2v) is 10.2. The van der Waals surface area contributed by atoms with Crippen LogP contribution in [-0.4, -0.2) is 72.5 Å². The zero-order valence-electron chi connectivity index (χ0n) is 18.5. The van der Waals surface area contributed by atoms with Gasteiger partial charge in [-0.05, 0) is 56.7 Å². The normalized spacial score (nSPS) is 17.5. The monoisotopic (exact) mass is 473 g/mol. The van der Waals surface area contributed by atoms with Crippen LogP contribution < -0.4 is 0 Å². The molecule has 4 rings (SSSR count). The lowest BCUT2D eigenvalue weighted by atomic mass is 10.1. The lowest BCUT2D eigenvalue weighted by Crippen LogP contribution is -2.50. The Morgan fingerprint density at radius 3 is 1.94 bits per heavy atom. The van der Waals surface area contributed by atoms with Gasteiger partial charge in [0.15, 0.2) is 0 Å². The molecule has 0 bridgehead atoms. The molecule has 0 atom stereocenters. The summed E-state index contributed by atoms with van der Waals surface area (Å²) in [6, 6.07) is 7.87. The molecule has 2 heterocycles. The number of halogens is 1. The first-order valence-corrected chi connectivity index (χ1v) is 12.0. The van der Waals surface area contributed by atoms with Crippen molar-refractivity contribution in [3.63, 3.8) is 0 Å². The minimum absolute atomic E-state index is 0.0565. The fourth-order valence-corrected chi connectivity index (χ4v) is 5.89. The maximum absolute atomic E-state index is 13.8. The molecule has 0 N–H and O–H groups in total. The summed E-state index contributed by atoms with van der Waals surface area (Å²) in [7, 11) is -4.01. The number of sulfonamides is 1. The Balaban J connectivity index is 1.48. The molecule has 2 aromatic rings. The van der Waals surface area contributed by atoms with E-state index in [9.17, 15) is 27.2 Å². The average Bonchev–Trinajstić information content (AvgIpc) is 2.99. The van der Waals surface area contributed by atoms with Gasteiger partial charge in [0.25, 0.3) is 27.7 Å². The van der Waals surface area contributed by atoms with Crippen molar-refractivity contribution in [2.75, 3.05) is 26.2 Å². The van der Waals surface area contributed by atoms with Gasteiger partial charge in [-0.3, -0.25) is 14.4 Å². The van der Waals surface area contributed by atoms with Crippen molar-refractivity contribution < 1.29 is 27.2 Å². The van der Waals surface area contributed by atoms with Crippen LogP contribution in [0, 0.1) is 12.7 Å². The zero-order chi connectivity index (χ0) is 24.1. The number of hydrogen-bond acceptors (Lipinski definition) is 5.